The molecular weight excluding hydrogens is 448 g/mol. The average Bonchev–Trinajstić information content (AvgIpc) is 3.51. The van der Waals surface area contributed by atoms with Gasteiger partial charge in [0, 0.05) is 17.3 Å². The number of benzene rings is 2. The van der Waals surface area contributed by atoms with E-state index >= 15 is 0 Å². The molecule has 2 aromatic carbocycles. The molecule has 0 radical (unpaired) electrons. The van der Waals surface area contributed by atoms with Crippen LogP contribution in [0, 0.1) is 0 Å². The number of carbonyl (C=O) groups excluding carboxylic acids is 1. The first-order valence-corrected chi connectivity index (χ1v) is 11.8. The molecule has 10 heteroatoms. The van der Waals surface area contributed by atoms with Crippen LogP contribution < -0.4 is 11.0 Å². The van der Waals surface area contributed by atoms with Crippen molar-refractivity contribution in [3.63, 3.8) is 0 Å². The van der Waals surface area contributed by atoms with Gasteiger partial charge in [0.25, 0.3) is 0 Å². The molecule has 1 aliphatic rings. The lowest BCUT2D eigenvalue weighted by Crippen LogP contribution is -2.15. The van der Waals surface area contributed by atoms with Crippen LogP contribution in [-0.2, 0) is 4.79 Å². The Morgan fingerprint density at radius 1 is 1.12 bits per heavy atom. The molecule has 32 heavy (non-hydrogen) atoms. The summed E-state index contributed by atoms with van der Waals surface area (Å²) in [5.41, 5.74) is 2.52. The molecule has 5 rings (SSSR count). The first-order valence-electron chi connectivity index (χ1n) is 10.4. The largest absolute Gasteiger partial charge is 0.325 e. The number of thioether (sulfide) groups is 1. The number of halogens is 1. The number of H-pyrrole nitrogens is 2. The molecule has 8 nitrogen and oxygen atoms in total. The first-order chi connectivity index (χ1) is 15.6. The molecule has 0 aliphatic heterocycles. The summed E-state index contributed by atoms with van der Waals surface area (Å²) in [6.45, 7) is 0. The van der Waals surface area contributed by atoms with Crippen LogP contribution in [-0.4, -0.2) is 36.4 Å². The van der Waals surface area contributed by atoms with Crippen molar-refractivity contribution in [2.75, 3.05) is 11.1 Å². The second-order valence-corrected chi connectivity index (χ2v) is 9.12. The van der Waals surface area contributed by atoms with Crippen molar-refractivity contribution < 1.29 is 4.79 Å². The van der Waals surface area contributed by atoms with Gasteiger partial charge in [-0.15, -0.1) is 10.2 Å². The number of carbonyl (C=O) groups is 1. The highest BCUT2D eigenvalue weighted by Crippen LogP contribution is 2.38. The summed E-state index contributed by atoms with van der Waals surface area (Å²) in [4.78, 5) is 29.4. The molecular formula is C22H21ClN6O2S. The molecule has 1 aliphatic carbocycles. The van der Waals surface area contributed by atoms with Crippen LogP contribution in [0.1, 0.15) is 31.7 Å². The number of hydrogen-bond acceptors (Lipinski definition) is 5. The average molecular weight is 469 g/mol. The maximum Gasteiger partial charge on any atom is 0.323 e. The van der Waals surface area contributed by atoms with E-state index in [2.05, 4.69) is 30.0 Å². The van der Waals surface area contributed by atoms with Crippen LogP contribution >= 0.6 is 23.4 Å². The summed E-state index contributed by atoms with van der Waals surface area (Å²) < 4.78 is 2.14. The molecule has 0 atom stereocenters. The standard InChI is InChI=1S/C22H21ClN6O2S/c23-16-8-4-3-7-15(16)20-27-28-22(29(20)14-5-1-2-6-14)32-12-19(30)24-13-9-10-17-18(11-13)26-21(31)25-17/h3-4,7-11,14H,1-2,5-6,12H2,(H,24,30)(H2,25,26,31). The van der Waals surface area contributed by atoms with Crippen molar-refractivity contribution in [1.29, 1.82) is 0 Å². The van der Waals surface area contributed by atoms with Gasteiger partial charge in [-0.25, -0.2) is 4.79 Å². The van der Waals surface area contributed by atoms with Crippen molar-refractivity contribution >= 4 is 46.0 Å². The Morgan fingerprint density at radius 3 is 2.72 bits per heavy atom. The van der Waals surface area contributed by atoms with Crippen molar-refractivity contribution in [3.8, 4) is 11.4 Å². The summed E-state index contributed by atoms with van der Waals surface area (Å²) in [7, 11) is 0. The molecule has 1 amide bonds. The van der Waals surface area contributed by atoms with Crippen molar-refractivity contribution in [1.82, 2.24) is 24.7 Å². The smallest absolute Gasteiger partial charge is 0.323 e. The number of aromatic nitrogens is 5. The van der Waals surface area contributed by atoms with E-state index in [9.17, 15) is 9.59 Å². The molecule has 0 spiro atoms. The van der Waals surface area contributed by atoms with E-state index in [-0.39, 0.29) is 17.3 Å². The number of hydrogen-bond donors (Lipinski definition) is 3. The van der Waals surface area contributed by atoms with Gasteiger partial charge in [-0.1, -0.05) is 48.3 Å². The molecule has 4 aromatic rings. The SMILES string of the molecule is O=C(CSc1nnc(-c2ccccc2Cl)n1C1CCCC1)Nc1ccc2[nH]c(=O)[nH]c2c1. The fourth-order valence-electron chi connectivity index (χ4n) is 4.13. The lowest BCUT2D eigenvalue weighted by molar-refractivity contribution is -0.113. The molecule has 2 aromatic heterocycles. The number of fused-ring (bicyclic) bond motifs is 1. The van der Waals surface area contributed by atoms with Gasteiger partial charge in [-0.2, -0.15) is 0 Å². The van der Waals surface area contributed by atoms with Crippen LogP contribution in [0.2, 0.25) is 5.02 Å². The van der Waals surface area contributed by atoms with Gasteiger partial charge in [0.1, 0.15) is 0 Å². The topological polar surface area (TPSA) is 108 Å². The fourth-order valence-corrected chi connectivity index (χ4v) is 5.16. The fraction of sp³-hybridized carbons (Fsp3) is 0.273. The lowest BCUT2D eigenvalue weighted by Gasteiger charge is -2.17. The third-order valence-corrected chi connectivity index (χ3v) is 6.87. The van der Waals surface area contributed by atoms with E-state index in [0.29, 0.717) is 32.9 Å². The summed E-state index contributed by atoms with van der Waals surface area (Å²) in [5.74, 6) is 0.773. The summed E-state index contributed by atoms with van der Waals surface area (Å²) in [6.07, 6.45) is 4.45. The number of rotatable bonds is 6. The molecule has 0 saturated heterocycles. The maximum atomic E-state index is 12.6. The number of nitrogens with zero attached hydrogens (tertiary/aromatic N) is 3. The molecule has 164 valence electrons. The Labute approximate surface area is 192 Å². The number of anilines is 1. The highest BCUT2D eigenvalue weighted by Gasteiger charge is 2.26. The molecule has 0 unspecified atom stereocenters. The Kier molecular flexibility index (Phi) is 5.75. The summed E-state index contributed by atoms with van der Waals surface area (Å²) in [5, 5.41) is 13.0. The molecule has 0 bridgehead atoms. The van der Waals surface area contributed by atoms with Gasteiger partial charge in [-0.3, -0.25) is 9.36 Å². The maximum absolute atomic E-state index is 12.6. The first kappa shape index (κ1) is 20.8. The quantitative estimate of drug-likeness (QED) is 0.358. The van der Waals surface area contributed by atoms with Gasteiger partial charge >= 0.3 is 5.69 Å². The van der Waals surface area contributed by atoms with Crippen LogP contribution in [0.5, 0.6) is 0 Å². The zero-order valence-corrected chi connectivity index (χ0v) is 18.7. The van der Waals surface area contributed by atoms with Crippen molar-refractivity contribution in [2.45, 2.75) is 36.9 Å². The molecule has 1 fully saturated rings. The Bertz CT molecular complexity index is 1340. The Morgan fingerprint density at radius 2 is 1.91 bits per heavy atom. The van der Waals surface area contributed by atoms with E-state index in [1.54, 1.807) is 18.2 Å². The number of nitrogens with one attached hydrogen (secondary N) is 3. The van der Waals surface area contributed by atoms with Crippen LogP contribution in [0.25, 0.3) is 22.4 Å². The summed E-state index contributed by atoms with van der Waals surface area (Å²) >= 11 is 7.79. The predicted molar refractivity (Wildman–Crippen MR) is 126 cm³/mol. The van der Waals surface area contributed by atoms with Crippen molar-refractivity contribution in [2.24, 2.45) is 0 Å². The number of imidazole rings is 1. The van der Waals surface area contributed by atoms with Crippen LogP contribution in [0.4, 0.5) is 5.69 Å². The molecule has 3 N–H and O–H groups in total. The van der Waals surface area contributed by atoms with Gasteiger partial charge in [0.2, 0.25) is 5.91 Å². The van der Waals surface area contributed by atoms with Gasteiger partial charge in [0.15, 0.2) is 11.0 Å². The van der Waals surface area contributed by atoms with Crippen molar-refractivity contribution in [3.05, 3.63) is 58.0 Å². The monoisotopic (exact) mass is 468 g/mol. The molecule has 1 saturated carbocycles. The third kappa shape index (κ3) is 4.18. The second kappa shape index (κ2) is 8.84. The minimum atomic E-state index is -0.278. The number of amides is 1. The minimum Gasteiger partial charge on any atom is -0.325 e. The predicted octanol–water partition coefficient (Wildman–Crippen LogP) is 4.61. The zero-order valence-electron chi connectivity index (χ0n) is 17.1. The van der Waals surface area contributed by atoms with E-state index in [1.807, 2.05) is 24.3 Å². The molecule has 2 heterocycles. The van der Waals surface area contributed by atoms with Gasteiger partial charge < -0.3 is 15.3 Å². The van der Waals surface area contributed by atoms with E-state index in [1.165, 1.54) is 24.6 Å². The van der Waals surface area contributed by atoms with Gasteiger partial charge in [0.05, 0.1) is 21.8 Å². The number of aromatic amines is 2. The third-order valence-electron chi connectivity index (χ3n) is 5.60. The normalized spacial score (nSPS) is 14.3. The van der Waals surface area contributed by atoms with Crippen LogP contribution in [0.3, 0.4) is 0 Å². The highest BCUT2D eigenvalue weighted by atomic mass is 35.5. The highest BCUT2D eigenvalue weighted by molar-refractivity contribution is 7.99. The lowest BCUT2D eigenvalue weighted by atomic mass is 10.2. The van der Waals surface area contributed by atoms with Gasteiger partial charge in [-0.05, 0) is 43.2 Å². The summed E-state index contributed by atoms with van der Waals surface area (Å²) in [6, 6.07) is 13.2. The Hall–Kier alpha value is -3.04. The Balaban J connectivity index is 1.34. The van der Waals surface area contributed by atoms with Crippen LogP contribution in [0.15, 0.2) is 52.4 Å². The zero-order chi connectivity index (χ0) is 22.1. The van der Waals surface area contributed by atoms with E-state index < -0.39 is 0 Å². The van der Waals surface area contributed by atoms with E-state index in [0.717, 1.165) is 24.2 Å². The second-order valence-electron chi connectivity index (χ2n) is 7.77. The minimum absolute atomic E-state index is 0.160. The van der Waals surface area contributed by atoms with E-state index in [4.69, 9.17) is 11.6 Å².